The number of nitrogens with one attached hydrogen (secondary N) is 1. The lowest BCUT2D eigenvalue weighted by molar-refractivity contribution is -0.384. The molecule has 1 aliphatic rings. The fraction of sp³-hybridized carbons (Fsp3) is 0.500. The quantitative estimate of drug-likeness (QED) is 0.258. The number of nitro benzene ring substituents is 1. The minimum Gasteiger partial charge on any atom is -0.460 e. The molecule has 2 aromatic carbocycles. The standard InChI is InChI=1S/C28H37N3O8S/c1-27(2,3)38-25(32)24(20-14-15-30(18-20)26(33)39-28(4,5)6)17-19-8-7-9-21(16-19)29-40(36,37)23-12-10-22(11-13-23)31(34)35/h7-13,16,20,24,29H,14-15,17-18H2,1-6H3/t20-,24-/m0/s1. The van der Waals surface area contributed by atoms with Gasteiger partial charge in [-0.25, -0.2) is 13.2 Å². The summed E-state index contributed by atoms with van der Waals surface area (Å²) in [5, 5.41) is 10.9. The Kier molecular flexibility index (Phi) is 9.13. The molecule has 2 atom stereocenters. The first-order valence-electron chi connectivity index (χ1n) is 13.0. The predicted molar refractivity (Wildman–Crippen MR) is 149 cm³/mol. The minimum atomic E-state index is -4.01. The van der Waals surface area contributed by atoms with Gasteiger partial charge >= 0.3 is 12.1 Å². The van der Waals surface area contributed by atoms with Crippen LogP contribution in [0.25, 0.3) is 0 Å². The second-order valence-electron chi connectivity index (χ2n) is 11.9. The lowest BCUT2D eigenvalue weighted by atomic mass is 9.86. The van der Waals surface area contributed by atoms with Gasteiger partial charge in [0.05, 0.1) is 15.7 Å². The van der Waals surface area contributed by atoms with Gasteiger partial charge in [0.2, 0.25) is 0 Å². The van der Waals surface area contributed by atoms with Gasteiger partial charge in [0.15, 0.2) is 0 Å². The van der Waals surface area contributed by atoms with Gasteiger partial charge < -0.3 is 14.4 Å². The number of ether oxygens (including phenoxy) is 2. The molecule has 1 amide bonds. The molecule has 2 aromatic rings. The number of sulfonamides is 1. The first-order chi connectivity index (χ1) is 18.4. The third-order valence-electron chi connectivity index (χ3n) is 6.15. The maximum atomic E-state index is 13.3. The van der Waals surface area contributed by atoms with E-state index in [9.17, 15) is 28.1 Å². The lowest BCUT2D eigenvalue weighted by Crippen LogP contribution is -2.38. The fourth-order valence-electron chi connectivity index (χ4n) is 4.40. The number of anilines is 1. The number of esters is 1. The second-order valence-corrected chi connectivity index (χ2v) is 13.6. The Labute approximate surface area is 235 Å². The zero-order valence-corrected chi connectivity index (χ0v) is 24.5. The molecule has 3 rings (SSSR count). The molecule has 0 radical (unpaired) electrons. The highest BCUT2D eigenvalue weighted by molar-refractivity contribution is 7.92. The summed E-state index contributed by atoms with van der Waals surface area (Å²) in [6.45, 7) is 11.5. The number of carbonyl (C=O) groups is 2. The number of nitro groups is 1. The maximum absolute atomic E-state index is 13.3. The van der Waals surface area contributed by atoms with Crippen LogP contribution in [0.5, 0.6) is 0 Å². The van der Waals surface area contributed by atoms with Crippen molar-refractivity contribution >= 4 is 33.5 Å². The summed E-state index contributed by atoms with van der Waals surface area (Å²) in [5.41, 5.74) is -0.578. The van der Waals surface area contributed by atoms with E-state index < -0.39 is 38.2 Å². The van der Waals surface area contributed by atoms with Crippen LogP contribution in [0.3, 0.4) is 0 Å². The van der Waals surface area contributed by atoms with Crippen LogP contribution in [0, 0.1) is 22.0 Å². The van der Waals surface area contributed by atoms with Crippen molar-refractivity contribution in [3.63, 3.8) is 0 Å². The monoisotopic (exact) mass is 575 g/mol. The van der Waals surface area contributed by atoms with Crippen molar-refractivity contribution in [3.05, 3.63) is 64.2 Å². The number of carbonyl (C=O) groups excluding carboxylic acids is 2. The predicted octanol–water partition coefficient (Wildman–Crippen LogP) is 5.15. The number of benzene rings is 2. The number of amides is 1. The number of hydrogen-bond donors (Lipinski definition) is 1. The zero-order chi connectivity index (χ0) is 29.9. The molecule has 0 bridgehead atoms. The number of rotatable bonds is 8. The van der Waals surface area contributed by atoms with Crippen molar-refractivity contribution in [2.24, 2.45) is 11.8 Å². The number of hydrogen-bond acceptors (Lipinski definition) is 8. The van der Waals surface area contributed by atoms with Crippen LogP contribution in [0.15, 0.2) is 53.4 Å². The molecule has 1 saturated heterocycles. The van der Waals surface area contributed by atoms with Crippen LogP contribution in [-0.4, -0.2) is 54.6 Å². The molecular formula is C28H37N3O8S. The van der Waals surface area contributed by atoms with Crippen LogP contribution in [0.2, 0.25) is 0 Å². The molecule has 1 heterocycles. The molecule has 12 heteroatoms. The SMILES string of the molecule is CC(C)(C)OC(=O)[C@@H](Cc1cccc(NS(=O)(=O)c2ccc([N+](=O)[O-])cc2)c1)[C@H]1CCN(C(=O)OC(C)(C)C)C1. The lowest BCUT2D eigenvalue weighted by Gasteiger charge is -2.28. The normalized spacial score (nSPS) is 16.8. The molecular weight excluding hydrogens is 538 g/mol. The van der Waals surface area contributed by atoms with E-state index in [0.717, 1.165) is 12.1 Å². The van der Waals surface area contributed by atoms with Crippen molar-refractivity contribution in [1.82, 2.24) is 4.90 Å². The van der Waals surface area contributed by atoms with E-state index in [2.05, 4.69) is 4.72 Å². The van der Waals surface area contributed by atoms with E-state index in [1.54, 1.807) is 70.7 Å². The maximum Gasteiger partial charge on any atom is 0.410 e. The third kappa shape index (κ3) is 8.67. The first kappa shape index (κ1) is 30.9. The van der Waals surface area contributed by atoms with Gasteiger partial charge in [0.25, 0.3) is 15.7 Å². The summed E-state index contributed by atoms with van der Waals surface area (Å²) in [7, 11) is -4.01. The molecule has 1 fully saturated rings. The summed E-state index contributed by atoms with van der Waals surface area (Å²) < 4.78 is 39.5. The molecule has 0 aromatic heterocycles. The summed E-state index contributed by atoms with van der Waals surface area (Å²) in [6, 6.07) is 11.3. The van der Waals surface area contributed by atoms with E-state index >= 15 is 0 Å². The Morgan fingerprint density at radius 3 is 2.25 bits per heavy atom. The van der Waals surface area contributed by atoms with Crippen molar-refractivity contribution in [3.8, 4) is 0 Å². The Balaban J connectivity index is 1.80. The van der Waals surface area contributed by atoms with E-state index in [1.165, 1.54) is 12.1 Å². The van der Waals surface area contributed by atoms with Gasteiger partial charge in [-0.2, -0.15) is 0 Å². The molecule has 0 unspecified atom stereocenters. The number of likely N-dealkylation sites (tertiary alicyclic amines) is 1. The van der Waals surface area contributed by atoms with Gasteiger partial charge in [0, 0.05) is 30.9 Å². The van der Waals surface area contributed by atoms with Gasteiger partial charge in [-0.15, -0.1) is 0 Å². The van der Waals surface area contributed by atoms with Crippen LogP contribution in [0.1, 0.15) is 53.5 Å². The Morgan fingerprint density at radius 2 is 1.68 bits per heavy atom. The number of nitrogens with zero attached hydrogens (tertiary/aromatic N) is 2. The summed E-state index contributed by atoms with van der Waals surface area (Å²) in [4.78, 5) is 37.7. The Hall–Kier alpha value is -3.67. The van der Waals surface area contributed by atoms with Crippen molar-refractivity contribution in [1.29, 1.82) is 0 Å². The molecule has 0 aliphatic carbocycles. The van der Waals surface area contributed by atoms with Gasteiger partial charge in [-0.3, -0.25) is 19.6 Å². The first-order valence-corrected chi connectivity index (χ1v) is 14.5. The molecule has 218 valence electrons. The van der Waals surface area contributed by atoms with Gasteiger partial charge in [-0.1, -0.05) is 12.1 Å². The third-order valence-corrected chi connectivity index (χ3v) is 7.54. The second kappa shape index (κ2) is 11.8. The summed E-state index contributed by atoms with van der Waals surface area (Å²) >= 11 is 0. The molecule has 1 N–H and O–H groups in total. The summed E-state index contributed by atoms with van der Waals surface area (Å²) in [6.07, 6.45) is 0.436. The minimum absolute atomic E-state index is 0.122. The highest BCUT2D eigenvalue weighted by Crippen LogP contribution is 2.31. The van der Waals surface area contributed by atoms with Gasteiger partial charge in [-0.05, 0) is 90.1 Å². The zero-order valence-electron chi connectivity index (χ0n) is 23.7. The van der Waals surface area contributed by atoms with Crippen molar-refractivity contribution in [2.75, 3.05) is 17.8 Å². The molecule has 0 saturated carbocycles. The largest absolute Gasteiger partial charge is 0.460 e. The van der Waals surface area contributed by atoms with E-state index in [1.807, 2.05) is 0 Å². The highest BCUT2D eigenvalue weighted by Gasteiger charge is 2.39. The highest BCUT2D eigenvalue weighted by atomic mass is 32.2. The summed E-state index contributed by atoms with van der Waals surface area (Å²) in [5.74, 6) is -1.14. The van der Waals surface area contributed by atoms with E-state index in [4.69, 9.17) is 9.47 Å². The van der Waals surface area contributed by atoms with E-state index in [-0.39, 0.29) is 34.6 Å². The van der Waals surface area contributed by atoms with Crippen molar-refractivity contribution < 1.29 is 32.4 Å². The van der Waals surface area contributed by atoms with Gasteiger partial charge in [0.1, 0.15) is 11.2 Å². The smallest absolute Gasteiger partial charge is 0.410 e. The molecule has 11 nitrogen and oxygen atoms in total. The van der Waals surface area contributed by atoms with Crippen LogP contribution < -0.4 is 4.72 Å². The Bertz CT molecular complexity index is 1340. The molecule has 1 aliphatic heterocycles. The number of non-ortho nitro benzene ring substituents is 1. The van der Waals surface area contributed by atoms with Crippen LogP contribution in [0.4, 0.5) is 16.2 Å². The topological polar surface area (TPSA) is 145 Å². The Morgan fingerprint density at radius 1 is 1.05 bits per heavy atom. The fourth-order valence-corrected chi connectivity index (χ4v) is 5.45. The average molecular weight is 576 g/mol. The average Bonchev–Trinajstić information content (AvgIpc) is 3.30. The van der Waals surface area contributed by atoms with E-state index in [0.29, 0.717) is 25.1 Å². The molecule has 0 spiro atoms. The van der Waals surface area contributed by atoms with Crippen LogP contribution in [-0.2, 0) is 30.7 Å². The van der Waals surface area contributed by atoms with Crippen LogP contribution >= 0.6 is 0 Å². The molecule has 40 heavy (non-hydrogen) atoms. The van der Waals surface area contributed by atoms with Crippen molar-refractivity contribution in [2.45, 2.75) is 70.5 Å².